The van der Waals surface area contributed by atoms with Gasteiger partial charge in [-0.2, -0.15) is 0 Å². The molecule has 0 aliphatic carbocycles. The summed E-state index contributed by atoms with van der Waals surface area (Å²) in [4.78, 5) is 16.1. The summed E-state index contributed by atoms with van der Waals surface area (Å²) >= 11 is 5.87. The lowest BCUT2D eigenvalue weighted by Gasteiger charge is -2.14. The van der Waals surface area contributed by atoms with Crippen molar-refractivity contribution in [2.45, 2.75) is 33.0 Å². The normalized spacial score (nSPS) is 12.4. The van der Waals surface area contributed by atoms with Gasteiger partial charge in [-0.25, -0.2) is 4.98 Å². The van der Waals surface area contributed by atoms with Crippen molar-refractivity contribution in [1.29, 1.82) is 0 Å². The number of hydrogen-bond acceptors (Lipinski definition) is 3. The molecule has 1 aromatic heterocycles. The van der Waals surface area contributed by atoms with Gasteiger partial charge in [-0.05, 0) is 23.6 Å². The second kappa shape index (κ2) is 7.42. The Morgan fingerprint density at radius 2 is 2.23 bits per heavy atom. The zero-order chi connectivity index (χ0) is 16.1. The second-order valence-corrected chi connectivity index (χ2v) is 6.04. The lowest BCUT2D eigenvalue weighted by Crippen LogP contribution is -2.29. The van der Waals surface area contributed by atoms with E-state index in [1.807, 2.05) is 4.57 Å². The number of halogens is 1. The van der Waals surface area contributed by atoms with Crippen LogP contribution in [0.4, 0.5) is 0 Å². The molecule has 0 aliphatic heterocycles. The topological polar surface area (TPSA) is 67.2 Å². The highest BCUT2D eigenvalue weighted by atomic mass is 35.5. The minimum atomic E-state index is -1.24. The fraction of sp³-hybridized carbons (Fsp3) is 0.375. The highest BCUT2D eigenvalue weighted by Crippen LogP contribution is 2.18. The summed E-state index contributed by atoms with van der Waals surface area (Å²) in [6, 6.07) is 6.64. The van der Waals surface area contributed by atoms with Crippen molar-refractivity contribution in [2.24, 2.45) is 5.92 Å². The SMILES string of the molecule is CC(C)Cn1cncc1CNC(=O)C(O)c1cccc(Cl)c1. The highest BCUT2D eigenvalue weighted by molar-refractivity contribution is 6.30. The summed E-state index contributed by atoms with van der Waals surface area (Å²) in [7, 11) is 0. The van der Waals surface area contributed by atoms with Crippen LogP contribution in [0.25, 0.3) is 0 Å². The number of carbonyl (C=O) groups is 1. The van der Waals surface area contributed by atoms with Crippen LogP contribution in [-0.2, 0) is 17.9 Å². The molecule has 1 unspecified atom stereocenters. The number of benzene rings is 1. The molecule has 0 saturated heterocycles. The summed E-state index contributed by atoms with van der Waals surface area (Å²) < 4.78 is 2.00. The van der Waals surface area contributed by atoms with Gasteiger partial charge in [0.1, 0.15) is 0 Å². The molecule has 2 aromatic rings. The van der Waals surface area contributed by atoms with E-state index in [0.717, 1.165) is 12.2 Å². The zero-order valence-corrected chi connectivity index (χ0v) is 13.4. The zero-order valence-electron chi connectivity index (χ0n) is 12.7. The van der Waals surface area contributed by atoms with Gasteiger partial charge in [-0.15, -0.1) is 0 Å². The van der Waals surface area contributed by atoms with Crippen LogP contribution in [0.2, 0.25) is 5.02 Å². The van der Waals surface area contributed by atoms with Gasteiger partial charge in [0.2, 0.25) is 0 Å². The number of aliphatic hydroxyl groups is 1. The van der Waals surface area contributed by atoms with Crippen LogP contribution in [0, 0.1) is 5.92 Å². The van der Waals surface area contributed by atoms with Crippen LogP contribution in [0.3, 0.4) is 0 Å². The van der Waals surface area contributed by atoms with Crippen molar-refractivity contribution in [3.05, 3.63) is 53.1 Å². The first kappa shape index (κ1) is 16.5. The Morgan fingerprint density at radius 1 is 1.45 bits per heavy atom. The molecule has 0 bridgehead atoms. The Kier molecular flexibility index (Phi) is 5.57. The predicted molar refractivity (Wildman–Crippen MR) is 85.3 cm³/mol. The first-order chi connectivity index (χ1) is 10.5. The number of carbonyl (C=O) groups excluding carboxylic acids is 1. The van der Waals surface area contributed by atoms with E-state index in [-0.39, 0.29) is 0 Å². The van der Waals surface area contributed by atoms with E-state index in [1.54, 1.807) is 36.8 Å². The molecule has 0 aliphatic rings. The van der Waals surface area contributed by atoms with Gasteiger partial charge in [0, 0.05) is 17.8 Å². The van der Waals surface area contributed by atoms with Crippen LogP contribution < -0.4 is 5.32 Å². The van der Waals surface area contributed by atoms with Crippen molar-refractivity contribution >= 4 is 17.5 Å². The number of aromatic nitrogens is 2. The van der Waals surface area contributed by atoms with E-state index >= 15 is 0 Å². The van der Waals surface area contributed by atoms with Crippen molar-refractivity contribution in [3.63, 3.8) is 0 Å². The number of nitrogens with zero attached hydrogens (tertiary/aromatic N) is 2. The molecular weight excluding hydrogens is 302 g/mol. The molecule has 5 nitrogen and oxygen atoms in total. The van der Waals surface area contributed by atoms with Gasteiger partial charge in [-0.1, -0.05) is 37.6 Å². The summed E-state index contributed by atoms with van der Waals surface area (Å²) in [5.41, 5.74) is 1.38. The molecular formula is C16H20ClN3O2. The van der Waals surface area contributed by atoms with Crippen LogP contribution in [0.5, 0.6) is 0 Å². The van der Waals surface area contributed by atoms with E-state index < -0.39 is 12.0 Å². The first-order valence-electron chi connectivity index (χ1n) is 7.17. The Labute approximate surface area is 134 Å². The molecule has 0 saturated carbocycles. The molecule has 2 N–H and O–H groups in total. The molecule has 6 heteroatoms. The molecule has 118 valence electrons. The molecule has 1 amide bonds. The molecule has 1 aromatic carbocycles. The van der Waals surface area contributed by atoms with E-state index in [4.69, 9.17) is 11.6 Å². The van der Waals surface area contributed by atoms with Crippen molar-refractivity contribution < 1.29 is 9.90 Å². The Hall–Kier alpha value is -1.85. The smallest absolute Gasteiger partial charge is 0.253 e. The third kappa shape index (κ3) is 4.32. The van der Waals surface area contributed by atoms with Gasteiger partial charge in [0.05, 0.1) is 18.6 Å². The number of hydrogen-bond donors (Lipinski definition) is 2. The summed E-state index contributed by atoms with van der Waals surface area (Å²) in [5.74, 6) is 0.0280. The van der Waals surface area contributed by atoms with E-state index in [2.05, 4.69) is 24.1 Å². The highest BCUT2D eigenvalue weighted by Gasteiger charge is 2.17. The monoisotopic (exact) mass is 321 g/mol. The van der Waals surface area contributed by atoms with Crippen LogP contribution in [0.15, 0.2) is 36.8 Å². The lowest BCUT2D eigenvalue weighted by atomic mass is 10.1. The van der Waals surface area contributed by atoms with E-state index in [0.29, 0.717) is 23.0 Å². The Bertz CT molecular complexity index is 640. The maximum atomic E-state index is 12.0. The van der Waals surface area contributed by atoms with Crippen molar-refractivity contribution in [3.8, 4) is 0 Å². The number of rotatable bonds is 6. The van der Waals surface area contributed by atoms with Crippen LogP contribution >= 0.6 is 11.6 Å². The number of imidazole rings is 1. The van der Waals surface area contributed by atoms with Gasteiger partial charge < -0.3 is 15.0 Å². The maximum absolute atomic E-state index is 12.0. The largest absolute Gasteiger partial charge is 0.378 e. The summed E-state index contributed by atoms with van der Waals surface area (Å²) in [6.07, 6.45) is 2.23. The second-order valence-electron chi connectivity index (χ2n) is 5.61. The molecule has 0 spiro atoms. The average molecular weight is 322 g/mol. The van der Waals surface area contributed by atoms with Gasteiger partial charge in [0.25, 0.3) is 5.91 Å². The minimum absolute atomic E-state index is 0.323. The van der Waals surface area contributed by atoms with E-state index in [9.17, 15) is 9.90 Å². The fourth-order valence-corrected chi connectivity index (χ4v) is 2.35. The maximum Gasteiger partial charge on any atom is 0.253 e. The Balaban J connectivity index is 1.97. The lowest BCUT2D eigenvalue weighted by molar-refractivity contribution is -0.129. The van der Waals surface area contributed by atoms with Crippen molar-refractivity contribution in [2.75, 3.05) is 0 Å². The number of amides is 1. The third-order valence-electron chi connectivity index (χ3n) is 3.22. The summed E-state index contributed by atoms with van der Waals surface area (Å²) in [5, 5.41) is 13.3. The molecule has 0 fully saturated rings. The Morgan fingerprint density at radius 3 is 2.91 bits per heavy atom. The number of nitrogens with one attached hydrogen (secondary N) is 1. The average Bonchev–Trinajstić information content (AvgIpc) is 2.90. The van der Waals surface area contributed by atoms with Crippen molar-refractivity contribution in [1.82, 2.24) is 14.9 Å². The van der Waals surface area contributed by atoms with Crippen LogP contribution in [-0.4, -0.2) is 20.6 Å². The quantitative estimate of drug-likeness (QED) is 0.859. The fourth-order valence-electron chi connectivity index (χ4n) is 2.16. The molecule has 0 radical (unpaired) electrons. The third-order valence-corrected chi connectivity index (χ3v) is 3.45. The van der Waals surface area contributed by atoms with Crippen LogP contribution in [0.1, 0.15) is 31.2 Å². The van der Waals surface area contributed by atoms with Gasteiger partial charge in [0.15, 0.2) is 6.10 Å². The van der Waals surface area contributed by atoms with Gasteiger partial charge >= 0.3 is 0 Å². The van der Waals surface area contributed by atoms with Gasteiger partial charge in [-0.3, -0.25) is 4.79 Å². The molecule has 2 rings (SSSR count). The predicted octanol–water partition coefficient (Wildman–Crippen LogP) is 2.54. The standard InChI is InChI=1S/C16H20ClN3O2/c1-11(2)9-20-10-18-7-14(20)8-19-16(22)15(21)12-4-3-5-13(17)6-12/h3-7,10-11,15,21H,8-9H2,1-2H3,(H,19,22). The molecule has 1 heterocycles. The number of aliphatic hydroxyl groups excluding tert-OH is 1. The summed E-state index contributed by atoms with van der Waals surface area (Å²) in [6.45, 7) is 5.39. The molecule has 22 heavy (non-hydrogen) atoms. The minimum Gasteiger partial charge on any atom is -0.378 e. The molecule has 1 atom stereocenters. The first-order valence-corrected chi connectivity index (χ1v) is 7.55. The van der Waals surface area contributed by atoms with E-state index in [1.165, 1.54) is 0 Å².